The first-order valence-corrected chi connectivity index (χ1v) is 3.26. The van der Waals surface area contributed by atoms with E-state index in [-0.39, 0.29) is 12.4 Å². The molecule has 0 heterocycles. The first-order chi connectivity index (χ1) is 3.81. The molecule has 0 spiro atoms. The molecule has 1 nitrogen and oxygen atoms in total. The molecule has 0 amide bonds. The first-order valence-electron chi connectivity index (χ1n) is 3.26. The van der Waals surface area contributed by atoms with Gasteiger partial charge in [-0.3, -0.25) is 0 Å². The van der Waals surface area contributed by atoms with Gasteiger partial charge in [0.25, 0.3) is 0 Å². The van der Waals surface area contributed by atoms with E-state index in [9.17, 15) is 0 Å². The zero-order valence-corrected chi connectivity index (χ0v) is 7.66. The third-order valence-electron chi connectivity index (χ3n) is 1.39. The van der Waals surface area contributed by atoms with E-state index in [1.54, 1.807) is 0 Å². The van der Waals surface area contributed by atoms with Gasteiger partial charge < -0.3 is 5.11 Å². The third kappa shape index (κ3) is 17.8. The smallest absolute Gasteiger partial charge is 0.0319 e. The largest absolute Gasteiger partial charge is 0.400 e. The molecule has 0 bridgehead atoms. The summed E-state index contributed by atoms with van der Waals surface area (Å²) in [6.07, 6.45) is 2.66. The van der Waals surface area contributed by atoms with Gasteiger partial charge in [-0.05, 0) is 5.92 Å². The number of hydrogen-bond donors (Lipinski definition) is 1. The van der Waals surface area contributed by atoms with Crippen molar-refractivity contribution < 1.29 is 5.11 Å². The van der Waals surface area contributed by atoms with Crippen LogP contribution in [0.2, 0.25) is 0 Å². The predicted molar refractivity (Wildman–Crippen MR) is 45.1 cm³/mol. The quantitative estimate of drug-likeness (QED) is 0.648. The van der Waals surface area contributed by atoms with Gasteiger partial charge in [-0.2, -0.15) is 0 Å². The fraction of sp³-hybridized carbons (Fsp3) is 1.00. The van der Waals surface area contributed by atoms with Crippen LogP contribution in [0, 0.1) is 5.92 Å². The fourth-order valence-corrected chi connectivity index (χ4v) is 0.289. The Morgan fingerprint density at radius 3 is 1.33 bits per heavy atom. The van der Waals surface area contributed by atoms with Gasteiger partial charge in [0.1, 0.15) is 0 Å². The van der Waals surface area contributed by atoms with Gasteiger partial charge >= 0.3 is 0 Å². The molecule has 0 fully saturated rings. The van der Waals surface area contributed by atoms with E-state index in [0.717, 1.165) is 13.0 Å². The Morgan fingerprint density at radius 2 is 1.33 bits per heavy atom. The molecule has 0 aliphatic rings. The Bertz CT molecular complexity index is 28.1. The second-order valence-electron chi connectivity index (χ2n) is 1.92. The summed E-state index contributed by atoms with van der Waals surface area (Å²) in [6, 6.07) is 0. The standard InChI is InChI=1S/C6H14.CH4O.ClH/c1-4-6(3)5-2;1-2;/h6H,4-5H2,1-3H3;2H,1H3;1H. The van der Waals surface area contributed by atoms with Crippen LogP contribution in [0.15, 0.2) is 0 Å². The second kappa shape index (κ2) is 15.7. The topological polar surface area (TPSA) is 20.2 Å². The fourth-order valence-electron chi connectivity index (χ4n) is 0.289. The lowest BCUT2D eigenvalue weighted by Crippen LogP contribution is -1.85. The van der Waals surface area contributed by atoms with Crippen LogP contribution in [0.3, 0.4) is 0 Å². The van der Waals surface area contributed by atoms with Crippen LogP contribution in [-0.4, -0.2) is 12.2 Å². The van der Waals surface area contributed by atoms with Gasteiger partial charge in [0.2, 0.25) is 0 Å². The van der Waals surface area contributed by atoms with Gasteiger partial charge in [0.05, 0.1) is 0 Å². The number of halogens is 1. The SMILES string of the molecule is CCC(C)CC.CO.Cl. The van der Waals surface area contributed by atoms with E-state index >= 15 is 0 Å². The summed E-state index contributed by atoms with van der Waals surface area (Å²) in [5.74, 6) is 0.935. The Morgan fingerprint density at radius 1 is 1.11 bits per heavy atom. The van der Waals surface area contributed by atoms with Crippen molar-refractivity contribution >= 4 is 12.4 Å². The third-order valence-corrected chi connectivity index (χ3v) is 1.39. The van der Waals surface area contributed by atoms with E-state index in [2.05, 4.69) is 20.8 Å². The number of aliphatic hydroxyl groups excluding tert-OH is 1. The maximum atomic E-state index is 7.00. The van der Waals surface area contributed by atoms with Crippen LogP contribution in [-0.2, 0) is 0 Å². The lowest BCUT2D eigenvalue weighted by atomic mass is 10.1. The Labute approximate surface area is 64.9 Å². The zero-order valence-electron chi connectivity index (χ0n) is 6.85. The minimum atomic E-state index is 0. The molecule has 1 N–H and O–H groups in total. The van der Waals surface area contributed by atoms with Crippen LogP contribution in [0.25, 0.3) is 0 Å². The highest BCUT2D eigenvalue weighted by Crippen LogP contribution is 2.02. The van der Waals surface area contributed by atoms with Gasteiger partial charge in [-0.1, -0.05) is 33.6 Å². The van der Waals surface area contributed by atoms with E-state index in [1.165, 1.54) is 12.8 Å². The Hall–Kier alpha value is 0.250. The van der Waals surface area contributed by atoms with Crippen LogP contribution < -0.4 is 0 Å². The predicted octanol–water partition coefficient (Wildman–Crippen LogP) is 2.47. The molecule has 0 unspecified atom stereocenters. The number of rotatable bonds is 2. The summed E-state index contributed by atoms with van der Waals surface area (Å²) in [6.45, 7) is 6.74. The van der Waals surface area contributed by atoms with E-state index < -0.39 is 0 Å². The molecule has 9 heavy (non-hydrogen) atoms. The van der Waals surface area contributed by atoms with Crippen LogP contribution in [0.5, 0.6) is 0 Å². The summed E-state index contributed by atoms with van der Waals surface area (Å²) in [4.78, 5) is 0. The summed E-state index contributed by atoms with van der Waals surface area (Å²) < 4.78 is 0. The molecular formula is C7H19ClO. The minimum Gasteiger partial charge on any atom is -0.400 e. The number of aliphatic hydroxyl groups is 1. The van der Waals surface area contributed by atoms with E-state index in [1.807, 2.05) is 0 Å². The van der Waals surface area contributed by atoms with Gasteiger partial charge in [-0.15, -0.1) is 12.4 Å². The van der Waals surface area contributed by atoms with Crippen molar-refractivity contribution in [2.45, 2.75) is 33.6 Å². The molecule has 0 saturated carbocycles. The molecule has 0 radical (unpaired) electrons. The van der Waals surface area contributed by atoms with Crippen molar-refractivity contribution in [3.05, 3.63) is 0 Å². The van der Waals surface area contributed by atoms with Crippen molar-refractivity contribution in [3.8, 4) is 0 Å². The van der Waals surface area contributed by atoms with Crippen molar-refractivity contribution in [2.75, 3.05) is 7.11 Å². The average molecular weight is 155 g/mol. The molecule has 60 valence electrons. The molecule has 0 saturated heterocycles. The maximum Gasteiger partial charge on any atom is 0.0319 e. The molecule has 0 atom stereocenters. The monoisotopic (exact) mass is 154 g/mol. The highest BCUT2D eigenvalue weighted by Gasteiger charge is 1.88. The summed E-state index contributed by atoms with van der Waals surface area (Å²) >= 11 is 0. The van der Waals surface area contributed by atoms with Crippen molar-refractivity contribution in [2.24, 2.45) is 5.92 Å². The Kier molecular flexibility index (Phi) is 28.2. The normalized spacial score (nSPS) is 7.33. The zero-order chi connectivity index (χ0) is 6.99. The molecule has 0 aliphatic heterocycles. The van der Waals surface area contributed by atoms with Crippen molar-refractivity contribution in [1.82, 2.24) is 0 Å². The summed E-state index contributed by atoms with van der Waals surface area (Å²) in [5, 5.41) is 7.00. The molecular weight excluding hydrogens is 136 g/mol. The maximum absolute atomic E-state index is 7.00. The second-order valence-corrected chi connectivity index (χ2v) is 1.92. The summed E-state index contributed by atoms with van der Waals surface area (Å²) in [5.41, 5.74) is 0. The highest BCUT2D eigenvalue weighted by molar-refractivity contribution is 5.85. The molecule has 0 aromatic rings. The molecule has 0 aromatic carbocycles. The van der Waals surface area contributed by atoms with Crippen LogP contribution >= 0.6 is 12.4 Å². The van der Waals surface area contributed by atoms with Crippen LogP contribution in [0.4, 0.5) is 0 Å². The molecule has 0 aromatic heterocycles. The summed E-state index contributed by atoms with van der Waals surface area (Å²) in [7, 11) is 1.00. The first kappa shape index (κ1) is 16.1. The van der Waals surface area contributed by atoms with Gasteiger partial charge in [0.15, 0.2) is 0 Å². The Balaban J connectivity index is -0.000000109. The lowest BCUT2D eigenvalue weighted by Gasteiger charge is -1.98. The average Bonchev–Trinajstić information content (AvgIpc) is 1.91. The van der Waals surface area contributed by atoms with E-state index in [4.69, 9.17) is 5.11 Å². The van der Waals surface area contributed by atoms with Gasteiger partial charge in [-0.25, -0.2) is 0 Å². The van der Waals surface area contributed by atoms with Crippen molar-refractivity contribution in [1.29, 1.82) is 0 Å². The lowest BCUT2D eigenvalue weighted by molar-refractivity contribution is 0.399. The minimum absolute atomic E-state index is 0. The molecule has 0 aliphatic carbocycles. The molecule has 0 rings (SSSR count). The van der Waals surface area contributed by atoms with E-state index in [0.29, 0.717) is 0 Å². The van der Waals surface area contributed by atoms with Crippen molar-refractivity contribution in [3.63, 3.8) is 0 Å². The highest BCUT2D eigenvalue weighted by atomic mass is 35.5. The van der Waals surface area contributed by atoms with Crippen LogP contribution in [0.1, 0.15) is 33.6 Å². The number of hydrogen-bond acceptors (Lipinski definition) is 1. The molecule has 2 heteroatoms. The van der Waals surface area contributed by atoms with Gasteiger partial charge in [0, 0.05) is 7.11 Å².